The van der Waals surface area contributed by atoms with Crippen molar-refractivity contribution >= 4 is 50.6 Å². The number of hydrogen-bond donors (Lipinski definition) is 1. The molecule has 65 heavy (non-hydrogen) atoms. The first-order valence-corrected chi connectivity index (χ1v) is 25.1. The molecule has 0 amide bonds. The molecule has 0 bridgehead atoms. The molecule has 0 fully saturated rings. The summed E-state index contributed by atoms with van der Waals surface area (Å²) in [5.41, 5.74) is 7.93. The van der Waals surface area contributed by atoms with Crippen molar-refractivity contribution in [3.8, 4) is 0 Å². The minimum atomic E-state index is -0.932. The second-order valence-electron chi connectivity index (χ2n) is 19.6. The number of anilines is 1. The summed E-state index contributed by atoms with van der Waals surface area (Å²) in [7, 11) is 0. The van der Waals surface area contributed by atoms with Gasteiger partial charge in [-0.2, -0.15) is 4.58 Å². The van der Waals surface area contributed by atoms with Gasteiger partial charge in [-0.25, -0.2) is 0 Å². The number of benzene rings is 4. The fourth-order valence-electron chi connectivity index (χ4n) is 10.6. The zero-order valence-electron chi connectivity index (χ0n) is 40.1. The smallest absolute Gasteiger partial charge is 0.303 e. The molecular weight excluding hydrogens is 801 g/mol. The molecular formula is C59H76N2O4. The van der Waals surface area contributed by atoms with Crippen LogP contribution in [0.15, 0.2) is 121 Å². The topological polar surface area (TPSA) is 83.7 Å². The van der Waals surface area contributed by atoms with E-state index >= 15 is 0 Å². The van der Waals surface area contributed by atoms with Gasteiger partial charge in [-0.1, -0.05) is 182 Å². The Hall–Kier alpha value is -5.23. The van der Waals surface area contributed by atoms with Gasteiger partial charge in [-0.05, 0) is 91.3 Å². The molecule has 6 nitrogen and oxygen atoms in total. The van der Waals surface area contributed by atoms with Gasteiger partial charge in [0, 0.05) is 59.9 Å². The van der Waals surface area contributed by atoms with Crippen molar-refractivity contribution in [2.45, 2.75) is 167 Å². The predicted octanol–water partition coefficient (Wildman–Crippen LogP) is 14.4. The predicted molar refractivity (Wildman–Crippen MR) is 272 cm³/mol. The highest BCUT2D eigenvalue weighted by Crippen LogP contribution is 2.51. The summed E-state index contributed by atoms with van der Waals surface area (Å²) in [6.07, 6.45) is 36.4. The number of hydrogen-bond acceptors (Lipinski definition) is 4. The Bertz CT molecular complexity index is 2380. The monoisotopic (exact) mass is 877 g/mol. The molecule has 2 aliphatic heterocycles. The van der Waals surface area contributed by atoms with Crippen LogP contribution in [0, 0.1) is 0 Å². The lowest BCUT2D eigenvalue weighted by atomic mass is 9.79. The third-order valence-corrected chi connectivity index (χ3v) is 14.0. The van der Waals surface area contributed by atoms with Crippen LogP contribution < -0.4 is 10.0 Å². The Balaban J connectivity index is 1.10. The maximum absolute atomic E-state index is 10.8. The van der Waals surface area contributed by atoms with E-state index < -0.39 is 11.9 Å². The molecule has 4 aromatic rings. The normalized spacial score (nSPS) is 16.1. The van der Waals surface area contributed by atoms with E-state index in [9.17, 15) is 14.7 Å². The van der Waals surface area contributed by atoms with E-state index in [0.29, 0.717) is 6.42 Å². The first kappa shape index (κ1) is 49.2. The van der Waals surface area contributed by atoms with E-state index in [1.165, 1.54) is 120 Å². The van der Waals surface area contributed by atoms with Crippen LogP contribution in [0.5, 0.6) is 0 Å². The van der Waals surface area contributed by atoms with Gasteiger partial charge in [0.2, 0.25) is 5.69 Å². The number of unbranched alkanes of at least 4 members (excludes halogenated alkanes) is 16. The standard InChI is InChI=1S/C59H76N2O4/c1-58(2)52(60(50-42-40-46-32-26-28-34-48(46)56(50)58)44-30-20-13-9-5-7-11-18-24-38-54(62)63)36-22-16-15-17-23-37-53-59(3,4)57-49-35-29-27-33-47(49)41-43-51(57)61(53)45-31-21-14-10-6-8-12-19-25-39-55(64)65/h15-17,22-23,26-29,32-37,40-43H,5-14,18-21,24-25,30-31,38-39,44-45H2,1-4H3,(H-,62,63,64,65). The molecule has 0 radical (unpaired) electrons. The first-order chi connectivity index (χ1) is 31.5. The summed E-state index contributed by atoms with van der Waals surface area (Å²) in [6.45, 7) is 11.5. The molecule has 0 aromatic heterocycles. The highest BCUT2D eigenvalue weighted by atomic mass is 16.4. The van der Waals surface area contributed by atoms with Crippen molar-refractivity contribution in [2.75, 3.05) is 18.0 Å². The van der Waals surface area contributed by atoms with Crippen molar-refractivity contribution in [3.63, 3.8) is 0 Å². The molecule has 4 aromatic carbocycles. The average molecular weight is 877 g/mol. The number of carbonyl (C=O) groups is 2. The molecule has 0 atom stereocenters. The van der Waals surface area contributed by atoms with Gasteiger partial charge in [0.05, 0.1) is 5.41 Å². The summed E-state index contributed by atoms with van der Waals surface area (Å²) in [6, 6.07) is 26.9. The number of allylic oxidation sites excluding steroid dienone is 8. The Kier molecular flexibility index (Phi) is 18.4. The lowest BCUT2D eigenvalue weighted by molar-refractivity contribution is -0.438. The lowest BCUT2D eigenvalue weighted by Gasteiger charge is -2.27. The number of rotatable bonds is 28. The molecule has 1 N–H and O–H groups in total. The van der Waals surface area contributed by atoms with Gasteiger partial charge < -0.3 is 19.9 Å². The fraction of sp³-hybridized carbons (Fsp3) is 0.475. The molecule has 6 rings (SSSR count). The van der Waals surface area contributed by atoms with E-state index in [2.05, 4.69) is 152 Å². The Morgan fingerprint density at radius 1 is 0.569 bits per heavy atom. The summed E-state index contributed by atoms with van der Waals surface area (Å²) >= 11 is 0. The number of carboxylic acids is 2. The van der Waals surface area contributed by atoms with Gasteiger partial charge in [-0.3, -0.25) is 4.79 Å². The largest absolute Gasteiger partial charge is 0.550 e. The molecule has 346 valence electrons. The molecule has 0 unspecified atom stereocenters. The van der Waals surface area contributed by atoms with Crippen LogP contribution in [0.1, 0.15) is 167 Å². The molecule has 0 spiro atoms. The highest BCUT2D eigenvalue weighted by molar-refractivity contribution is 6.07. The van der Waals surface area contributed by atoms with Gasteiger partial charge in [0.15, 0.2) is 5.71 Å². The second-order valence-corrected chi connectivity index (χ2v) is 19.6. The number of fused-ring (bicyclic) bond motifs is 6. The molecule has 6 heteroatoms. The third kappa shape index (κ3) is 13.0. The number of nitrogens with zero attached hydrogens (tertiary/aromatic N) is 2. The summed E-state index contributed by atoms with van der Waals surface area (Å²) in [5, 5.41) is 24.8. The zero-order chi connectivity index (χ0) is 46.1. The Morgan fingerprint density at radius 2 is 1.08 bits per heavy atom. The maximum atomic E-state index is 10.8. The fourth-order valence-corrected chi connectivity index (χ4v) is 10.6. The molecule has 0 saturated carbocycles. The number of aliphatic carboxylic acids is 2. The van der Waals surface area contributed by atoms with Gasteiger partial charge in [0.25, 0.3) is 0 Å². The van der Waals surface area contributed by atoms with Gasteiger partial charge in [-0.15, -0.1) is 0 Å². The zero-order valence-corrected chi connectivity index (χ0v) is 40.1. The SMILES string of the molecule is CC1(C)C(/C=C/C=C/C=C/C=C2/N(CCCCCCCCCCCC(=O)O)c3ccc4ccccc4c3C2(C)C)=[N+](CCCCCCCCCCCC(=O)[O-])c2ccc3ccccc3c21. The van der Waals surface area contributed by atoms with E-state index in [1.54, 1.807) is 0 Å². The molecule has 0 saturated heterocycles. The van der Waals surface area contributed by atoms with Crippen LogP contribution in [0.4, 0.5) is 11.4 Å². The minimum Gasteiger partial charge on any atom is -0.550 e. The average Bonchev–Trinajstić information content (AvgIpc) is 3.64. The lowest BCUT2D eigenvalue weighted by Crippen LogP contribution is -2.28. The van der Waals surface area contributed by atoms with E-state index in [-0.39, 0.29) is 17.3 Å². The molecule has 2 heterocycles. The second kappa shape index (κ2) is 24.3. The summed E-state index contributed by atoms with van der Waals surface area (Å²) < 4.78 is 2.58. The van der Waals surface area contributed by atoms with Crippen LogP contribution in [-0.2, 0) is 20.4 Å². The first-order valence-electron chi connectivity index (χ1n) is 25.1. The van der Waals surface area contributed by atoms with Crippen molar-refractivity contribution in [1.29, 1.82) is 0 Å². The summed E-state index contributed by atoms with van der Waals surface area (Å²) in [5.74, 6) is -1.61. The van der Waals surface area contributed by atoms with Gasteiger partial charge >= 0.3 is 5.97 Å². The molecule has 2 aliphatic rings. The van der Waals surface area contributed by atoms with Crippen LogP contribution in [0.25, 0.3) is 21.5 Å². The van der Waals surface area contributed by atoms with Crippen LogP contribution in [0.3, 0.4) is 0 Å². The molecule has 0 aliphatic carbocycles. The third-order valence-electron chi connectivity index (χ3n) is 14.0. The van der Waals surface area contributed by atoms with Crippen molar-refractivity contribution < 1.29 is 24.4 Å². The number of carbonyl (C=O) groups excluding carboxylic acids is 1. The summed E-state index contributed by atoms with van der Waals surface area (Å²) in [4.78, 5) is 24.0. The van der Waals surface area contributed by atoms with Gasteiger partial charge in [0.1, 0.15) is 6.54 Å². The van der Waals surface area contributed by atoms with Crippen LogP contribution in [0.2, 0.25) is 0 Å². The van der Waals surface area contributed by atoms with E-state index in [4.69, 9.17) is 5.11 Å². The van der Waals surface area contributed by atoms with Crippen LogP contribution in [-0.4, -0.2) is 40.4 Å². The van der Waals surface area contributed by atoms with Crippen molar-refractivity contribution in [2.24, 2.45) is 0 Å². The van der Waals surface area contributed by atoms with Crippen molar-refractivity contribution in [3.05, 3.63) is 132 Å². The Labute approximate surface area is 390 Å². The van der Waals surface area contributed by atoms with E-state index in [0.717, 1.165) is 64.5 Å². The highest BCUT2D eigenvalue weighted by Gasteiger charge is 2.45. The minimum absolute atomic E-state index is 0.138. The Morgan fingerprint density at radius 3 is 1.69 bits per heavy atom. The number of carboxylic acid groups (broad SMARTS) is 2. The quantitative estimate of drug-likeness (QED) is 0.0349. The maximum Gasteiger partial charge on any atom is 0.303 e. The van der Waals surface area contributed by atoms with E-state index in [1.807, 2.05) is 0 Å². The van der Waals surface area contributed by atoms with Crippen molar-refractivity contribution in [1.82, 2.24) is 0 Å². The van der Waals surface area contributed by atoms with Crippen LogP contribution >= 0.6 is 0 Å².